The van der Waals surface area contributed by atoms with Crippen LogP contribution in [-0.2, 0) is 6.54 Å². The molecule has 1 heterocycles. The van der Waals surface area contributed by atoms with Crippen molar-refractivity contribution >= 4 is 16.5 Å². The molecule has 0 spiro atoms. The smallest absolute Gasteiger partial charge is 0.182 e. The fourth-order valence-electron chi connectivity index (χ4n) is 0.818. The van der Waals surface area contributed by atoms with Gasteiger partial charge < -0.3 is 16.4 Å². The summed E-state index contributed by atoms with van der Waals surface area (Å²) in [6.07, 6.45) is 1.88. The minimum atomic E-state index is 0.678. The number of hydrogen-bond donors (Lipinski definition) is 3. The molecule has 4 nitrogen and oxygen atoms in total. The third-order valence-electron chi connectivity index (χ3n) is 1.39. The Morgan fingerprint density at radius 2 is 2.50 bits per heavy atom. The topological polar surface area (TPSA) is 63.0 Å². The lowest BCUT2D eigenvalue weighted by molar-refractivity contribution is 0.701. The molecule has 0 saturated heterocycles. The summed E-state index contributed by atoms with van der Waals surface area (Å²) in [7, 11) is 1.87. The van der Waals surface area contributed by atoms with Crippen LogP contribution in [0.5, 0.6) is 0 Å². The molecule has 0 atom stereocenters. The highest BCUT2D eigenvalue weighted by Gasteiger charge is 1.97. The second-order valence-corrected chi connectivity index (χ2v) is 3.46. The third-order valence-corrected chi connectivity index (χ3v) is 2.40. The van der Waals surface area contributed by atoms with E-state index in [9.17, 15) is 0 Å². The van der Waals surface area contributed by atoms with E-state index in [1.807, 2.05) is 13.2 Å². The molecule has 1 aromatic rings. The van der Waals surface area contributed by atoms with Crippen LogP contribution in [0.1, 0.15) is 4.88 Å². The van der Waals surface area contributed by atoms with E-state index in [2.05, 4.69) is 15.6 Å². The maximum atomic E-state index is 5.34. The van der Waals surface area contributed by atoms with Gasteiger partial charge in [-0.2, -0.15) is 0 Å². The number of rotatable bonds is 5. The van der Waals surface area contributed by atoms with Gasteiger partial charge in [0.25, 0.3) is 0 Å². The van der Waals surface area contributed by atoms with E-state index in [1.165, 1.54) is 4.88 Å². The molecule has 0 radical (unpaired) electrons. The number of hydrogen-bond acceptors (Lipinski definition) is 5. The minimum Gasteiger partial charge on any atom is -0.365 e. The first-order chi connectivity index (χ1) is 5.86. The summed E-state index contributed by atoms with van der Waals surface area (Å²) in [4.78, 5) is 5.38. The predicted octanol–water partition coefficient (Wildman–Crippen LogP) is 0.233. The Balaban J connectivity index is 2.31. The molecule has 68 valence electrons. The van der Waals surface area contributed by atoms with E-state index in [-0.39, 0.29) is 0 Å². The summed E-state index contributed by atoms with van der Waals surface area (Å²) in [5.41, 5.74) is 5.34. The number of nitrogens with two attached hydrogens (primary N) is 1. The molecule has 0 fully saturated rings. The first-order valence-corrected chi connectivity index (χ1v) is 4.71. The van der Waals surface area contributed by atoms with Crippen molar-refractivity contribution < 1.29 is 0 Å². The van der Waals surface area contributed by atoms with Gasteiger partial charge in [0.05, 0.1) is 0 Å². The predicted molar refractivity (Wildman–Crippen MR) is 52.4 cm³/mol. The first-order valence-electron chi connectivity index (χ1n) is 3.90. The molecule has 12 heavy (non-hydrogen) atoms. The monoisotopic (exact) mass is 186 g/mol. The molecule has 0 aromatic carbocycles. The normalized spacial score (nSPS) is 10.2. The third kappa shape index (κ3) is 2.77. The Morgan fingerprint density at radius 3 is 3.08 bits per heavy atom. The first kappa shape index (κ1) is 9.44. The maximum absolute atomic E-state index is 5.34. The molecule has 0 saturated carbocycles. The molecule has 4 N–H and O–H groups in total. The van der Waals surface area contributed by atoms with Gasteiger partial charge in [-0.3, -0.25) is 0 Å². The average molecular weight is 186 g/mol. The summed E-state index contributed by atoms with van der Waals surface area (Å²) >= 11 is 1.66. The number of aromatic nitrogens is 1. The highest BCUT2D eigenvalue weighted by molar-refractivity contribution is 7.15. The number of anilines is 1. The van der Waals surface area contributed by atoms with Crippen LogP contribution >= 0.6 is 11.3 Å². The Hall–Kier alpha value is -0.650. The van der Waals surface area contributed by atoms with E-state index in [0.29, 0.717) is 6.54 Å². The Morgan fingerprint density at radius 1 is 1.67 bits per heavy atom. The van der Waals surface area contributed by atoms with Crippen LogP contribution in [-0.4, -0.2) is 25.1 Å². The lowest BCUT2D eigenvalue weighted by Crippen LogP contribution is -2.21. The summed E-state index contributed by atoms with van der Waals surface area (Å²) in [6, 6.07) is 0. The van der Waals surface area contributed by atoms with Gasteiger partial charge in [0.15, 0.2) is 5.13 Å². The molecule has 0 aliphatic carbocycles. The Bertz CT molecular complexity index is 223. The molecule has 1 aromatic heterocycles. The zero-order chi connectivity index (χ0) is 8.81. The van der Waals surface area contributed by atoms with Crippen molar-refractivity contribution in [1.82, 2.24) is 10.3 Å². The highest BCUT2D eigenvalue weighted by Crippen LogP contribution is 2.16. The number of nitrogens with one attached hydrogen (secondary N) is 2. The second kappa shape index (κ2) is 5.08. The van der Waals surface area contributed by atoms with Gasteiger partial charge in [-0.25, -0.2) is 4.98 Å². The van der Waals surface area contributed by atoms with Gasteiger partial charge in [0, 0.05) is 37.8 Å². The Labute approximate surface area is 76.2 Å². The number of thiazole rings is 1. The van der Waals surface area contributed by atoms with Crippen LogP contribution in [0.4, 0.5) is 5.13 Å². The second-order valence-electron chi connectivity index (χ2n) is 2.35. The van der Waals surface area contributed by atoms with Crippen LogP contribution in [0, 0.1) is 0 Å². The van der Waals surface area contributed by atoms with E-state index < -0.39 is 0 Å². The van der Waals surface area contributed by atoms with Crippen molar-refractivity contribution in [2.24, 2.45) is 5.73 Å². The van der Waals surface area contributed by atoms with Gasteiger partial charge in [-0.15, -0.1) is 11.3 Å². The average Bonchev–Trinajstić information content (AvgIpc) is 2.53. The summed E-state index contributed by atoms with van der Waals surface area (Å²) in [6.45, 7) is 2.39. The molecule has 0 aliphatic rings. The molecule has 0 unspecified atom stereocenters. The SMILES string of the molecule is CNc1ncc(CNCCN)s1. The molecule has 1 rings (SSSR count). The number of nitrogens with zero attached hydrogens (tertiary/aromatic N) is 1. The van der Waals surface area contributed by atoms with E-state index >= 15 is 0 Å². The van der Waals surface area contributed by atoms with E-state index in [1.54, 1.807) is 11.3 Å². The largest absolute Gasteiger partial charge is 0.365 e. The highest BCUT2D eigenvalue weighted by atomic mass is 32.1. The zero-order valence-corrected chi connectivity index (χ0v) is 7.95. The summed E-state index contributed by atoms with van der Waals surface area (Å²) < 4.78 is 0. The lowest BCUT2D eigenvalue weighted by Gasteiger charge is -1.97. The van der Waals surface area contributed by atoms with Crippen molar-refractivity contribution in [3.8, 4) is 0 Å². The molecule has 0 amide bonds. The van der Waals surface area contributed by atoms with Crippen LogP contribution < -0.4 is 16.4 Å². The fourth-order valence-corrected chi connectivity index (χ4v) is 1.55. The van der Waals surface area contributed by atoms with E-state index in [4.69, 9.17) is 5.73 Å². The zero-order valence-electron chi connectivity index (χ0n) is 7.13. The van der Waals surface area contributed by atoms with Crippen molar-refractivity contribution in [2.45, 2.75) is 6.54 Å². The van der Waals surface area contributed by atoms with Crippen molar-refractivity contribution in [1.29, 1.82) is 0 Å². The standard InChI is InChI=1S/C7H14N4S/c1-9-7-11-5-6(12-7)4-10-3-2-8/h5,10H,2-4,8H2,1H3,(H,9,11). The molecular formula is C7H14N4S. The Kier molecular flexibility index (Phi) is 3.99. The minimum absolute atomic E-state index is 0.678. The lowest BCUT2D eigenvalue weighted by atomic mass is 10.5. The van der Waals surface area contributed by atoms with E-state index in [0.717, 1.165) is 18.2 Å². The van der Waals surface area contributed by atoms with Crippen LogP contribution in [0.2, 0.25) is 0 Å². The van der Waals surface area contributed by atoms with Gasteiger partial charge >= 0.3 is 0 Å². The molecule has 0 aliphatic heterocycles. The van der Waals surface area contributed by atoms with Crippen LogP contribution in [0.25, 0.3) is 0 Å². The molecular weight excluding hydrogens is 172 g/mol. The van der Waals surface area contributed by atoms with Gasteiger partial charge in [-0.05, 0) is 0 Å². The fraction of sp³-hybridized carbons (Fsp3) is 0.571. The van der Waals surface area contributed by atoms with Crippen LogP contribution in [0.15, 0.2) is 6.20 Å². The maximum Gasteiger partial charge on any atom is 0.182 e. The summed E-state index contributed by atoms with van der Waals surface area (Å²) in [5, 5.41) is 7.16. The van der Waals surface area contributed by atoms with Gasteiger partial charge in [0.1, 0.15) is 0 Å². The molecule has 0 bridgehead atoms. The van der Waals surface area contributed by atoms with Crippen molar-refractivity contribution in [3.05, 3.63) is 11.1 Å². The summed E-state index contributed by atoms with van der Waals surface area (Å²) in [5.74, 6) is 0. The van der Waals surface area contributed by atoms with Crippen LogP contribution in [0.3, 0.4) is 0 Å². The van der Waals surface area contributed by atoms with Crippen molar-refractivity contribution in [3.63, 3.8) is 0 Å². The quantitative estimate of drug-likeness (QED) is 0.576. The molecule has 5 heteroatoms. The van der Waals surface area contributed by atoms with Crippen molar-refractivity contribution in [2.75, 3.05) is 25.5 Å². The van der Waals surface area contributed by atoms with Gasteiger partial charge in [-0.1, -0.05) is 0 Å². The van der Waals surface area contributed by atoms with Gasteiger partial charge in [0.2, 0.25) is 0 Å².